The van der Waals surface area contributed by atoms with E-state index in [0.29, 0.717) is 18.3 Å². The predicted molar refractivity (Wildman–Crippen MR) is 123 cm³/mol. The van der Waals surface area contributed by atoms with Crippen LogP contribution in [0.5, 0.6) is 0 Å². The first-order chi connectivity index (χ1) is 14.8. The Bertz CT molecular complexity index is 1120. The van der Waals surface area contributed by atoms with Gasteiger partial charge in [0, 0.05) is 40.8 Å². The summed E-state index contributed by atoms with van der Waals surface area (Å²) in [6.45, 7) is 4.63. The molecule has 0 saturated heterocycles. The lowest BCUT2D eigenvalue weighted by Gasteiger charge is -2.29. The Morgan fingerprint density at radius 1 is 1.19 bits per heavy atom. The van der Waals surface area contributed by atoms with Gasteiger partial charge in [0.2, 0.25) is 5.91 Å². The molecular formula is C25H32N4O2. The molecule has 2 aromatic heterocycles. The molecule has 31 heavy (non-hydrogen) atoms. The van der Waals surface area contributed by atoms with Gasteiger partial charge >= 0.3 is 0 Å². The van der Waals surface area contributed by atoms with Gasteiger partial charge in [-0.15, -0.1) is 0 Å². The largest absolute Gasteiger partial charge is 0.393 e. The molecule has 3 aromatic rings. The van der Waals surface area contributed by atoms with Crippen LogP contribution in [0.3, 0.4) is 0 Å². The first-order valence-corrected chi connectivity index (χ1v) is 11.5. The van der Waals surface area contributed by atoms with Crippen molar-refractivity contribution >= 4 is 22.5 Å². The van der Waals surface area contributed by atoms with Gasteiger partial charge in [-0.3, -0.25) is 9.89 Å². The summed E-state index contributed by atoms with van der Waals surface area (Å²) in [6, 6.07) is 8.29. The fourth-order valence-corrected chi connectivity index (χ4v) is 5.25. The molecule has 6 heteroatoms. The molecule has 0 radical (unpaired) electrons. The Kier molecular flexibility index (Phi) is 4.93. The SMILES string of the molecule is CN(C(=O)C1CCC(O)CC1)c1ccc2cc(-c3n[nH]c4c3CCC(C)(C)C4)[nH]c2c1. The fourth-order valence-electron chi connectivity index (χ4n) is 5.25. The monoisotopic (exact) mass is 420 g/mol. The first-order valence-electron chi connectivity index (χ1n) is 11.5. The molecule has 164 valence electrons. The van der Waals surface area contributed by atoms with E-state index < -0.39 is 0 Å². The second-order valence-corrected chi connectivity index (χ2v) is 10.2. The molecule has 0 spiro atoms. The summed E-state index contributed by atoms with van der Waals surface area (Å²) in [7, 11) is 1.85. The number of nitrogens with one attached hydrogen (secondary N) is 2. The molecule has 0 unspecified atom stereocenters. The third-order valence-electron chi connectivity index (χ3n) is 7.28. The van der Waals surface area contributed by atoms with Gasteiger partial charge in [0.05, 0.1) is 11.8 Å². The van der Waals surface area contributed by atoms with Gasteiger partial charge in [0.15, 0.2) is 0 Å². The number of amides is 1. The molecule has 1 aromatic carbocycles. The van der Waals surface area contributed by atoms with E-state index in [1.165, 1.54) is 17.7 Å². The van der Waals surface area contributed by atoms with Crippen LogP contribution in [-0.4, -0.2) is 39.3 Å². The number of aliphatic hydroxyl groups is 1. The third kappa shape index (κ3) is 3.78. The van der Waals surface area contributed by atoms with Gasteiger partial charge in [-0.2, -0.15) is 5.10 Å². The Labute approximate surface area is 183 Å². The number of H-pyrrole nitrogens is 2. The van der Waals surface area contributed by atoms with Crippen molar-refractivity contribution in [2.45, 2.75) is 64.9 Å². The summed E-state index contributed by atoms with van der Waals surface area (Å²) in [5, 5.41) is 18.8. The summed E-state index contributed by atoms with van der Waals surface area (Å²) in [5.41, 5.74) is 6.86. The van der Waals surface area contributed by atoms with E-state index in [4.69, 9.17) is 0 Å². The third-order valence-corrected chi connectivity index (χ3v) is 7.28. The maximum Gasteiger partial charge on any atom is 0.229 e. The predicted octanol–water partition coefficient (Wildman–Crippen LogP) is 4.59. The van der Waals surface area contributed by atoms with Crippen molar-refractivity contribution in [3.8, 4) is 11.4 Å². The lowest BCUT2D eigenvalue weighted by molar-refractivity contribution is -0.123. The number of aromatic amines is 2. The maximum absolute atomic E-state index is 13.0. The number of carbonyl (C=O) groups excluding carboxylic acids is 1. The average Bonchev–Trinajstić information content (AvgIpc) is 3.35. The number of fused-ring (bicyclic) bond motifs is 2. The second kappa shape index (κ2) is 7.52. The zero-order valence-electron chi connectivity index (χ0n) is 18.7. The van der Waals surface area contributed by atoms with Crippen LogP contribution >= 0.6 is 0 Å². The molecule has 6 nitrogen and oxygen atoms in total. The van der Waals surface area contributed by atoms with Crippen molar-refractivity contribution in [1.29, 1.82) is 0 Å². The van der Waals surface area contributed by atoms with E-state index in [1.54, 1.807) is 4.90 Å². The van der Waals surface area contributed by atoms with Gasteiger partial charge in [-0.05, 0) is 68.6 Å². The standard InChI is InChI=1S/C25H32N4O2/c1-25(2)11-10-19-22(14-25)27-28-23(19)21-12-16-4-7-17(13-20(16)26-21)29(3)24(31)15-5-8-18(30)9-6-15/h4,7,12-13,15,18,26,30H,5-6,8-11,14H2,1-3H3,(H,27,28). The lowest BCUT2D eigenvalue weighted by Crippen LogP contribution is -2.35. The molecule has 1 fully saturated rings. The van der Waals surface area contributed by atoms with Gasteiger partial charge in [0.25, 0.3) is 0 Å². The highest BCUT2D eigenvalue weighted by Gasteiger charge is 2.30. The number of carbonyl (C=O) groups is 1. The van der Waals surface area contributed by atoms with Crippen LogP contribution in [0.1, 0.15) is 57.2 Å². The Hall–Kier alpha value is -2.60. The minimum absolute atomic E-state index is 0.00290. The fraction of sp³-hybridized carbons (Fsp3) is 0.520. The average molecular weight is 421 g/mol. The number of aliphatic hydroxyl groups excluding tert-OH is 1. The molecule has 1 saturated carbocycles. The molecule has 2 aliphatic carbocycles. The Morgan fingerprint density at radius 2 is 1.97 bits per heavy atom. The Balaban J connectivity index is 1.40. The van der Waals surface area contributed by atoms with Crippen molar-refractivity contribution in [2.24, 2.45) is 11.3 Å². The van der Waals surface area contributed by atoms with E-state index in [-0.39, 0.29) is 17.9 Å². The summed E-state index contributed by atoms with van der Waals surface area (Å²) in [5.74, 6) is 0.144. The van der Waals surface area contributed by atoms with Crippen LogP contribution in [0.2, 0.25) is 0 Å². The van der Waals surface area contributed by atoms with E-state index >= 15 is 0 Å². The van der Waals surface area contributed by atoms with E-state index in [2.05, 4.69) is 47.2 Å². The number of rotatable bonds is 3. The number of aromatic nitrogens is 3. The van der Waals surface area contributed by atoms with Crippen molar-refractivity contribution in [3.05, 3.63) is 35.5 Å². The van der Waals surface area contributed by atoms with E-state index in [1.807, 2.05) is 13.1 Å². The van der Waals surface area contributed by atoms with Crippen LogP contribution in [0.4, 0.5) is 5.69 Å². The summed E-state index contributed by atoms with van der Waals surface area (Å²) >= 11 is 0. The number of benzene rings is 1. The first kappa shape index (κ1) is 20.3. The van der Waals surface area contributed by atoms with Crippen LogP contribution in [0.25, 0.3) is 22.3 Å². The number of hydrogen-bond acceptors (Lipinski definition) is 3. The lowest BCUT2D eigenvalue weighted by atomic mass is 9.76. The van der Waals surface area contributed by atoms with Gasteiger partial charge in [-0.1, -0.05) is 19.9 Å². The van der Waals surface area contributed by atoms with Crippen LogP contribution < -0.4 is 4.90 Å². The Morgan fingerprint density at radius 3 is 2.74 bits per heavy atom. The molecule has 0 atom stereocenters. The van der Waals surface area contributed by atoms with Crippen molar-refractivity contribution in [1.82, 2.24) is 15.2 Å². The van der Waals surface area contributed by atoms with Crippen LogP contribution in [-0.2, 0) is 17.6 Å². The van der Waals surface area contributed by atoms with Crippen LogP contribution in [0, 0.1) is 11.3 Å². The van der Waals surface area contributed by atoms with E-state index in [9.17, 15) is 9.90 Å². The topological polar surface area (TPSA) is 85.0 Å². The quantitative estimate of drug-likeness (QED) is 0.579. The normalized spacial score (nSPS) is 23.0. The highest BCUT2D eigenvalue weighted by Crippen LogP contribution is 2.38. The number of anilines is 1. The molecule has 1 amide bonds. The maximum atomic E-state index is 13.0. The molecule has 2 aliphatic rings. The summed E-state index contributed by atoms with van der Waals surface area (Å²) in [6.07, 6.45) is 5.96. The van der Waals surface area contributed by atoms with Gasteiger partial charge in [0.1, 0.15) is 5.69 Å². The smallest absolute Gasteiger partial charge is 0.229 e. The van der Waals surface area contributed by atoms with Crippen molar-refractivity contribution in [3.63, 3.8) is 0 Å². The molecular weight excluding hydrogens is 388 g/mol. The summed E-state index contributed by atoms with van der Waals surface area (Å²) in [4.78, 5) is 18.3. The highest BCUT2D eigenvalue weighted by atomic mass is 16.3. The van der Waals surface area contributed by atoms with Crippen molar-refractivity contribution in [2.75, 3.05) is 11.9 Å². The minimum atomic E-state index is -0.248. The zero-order chi connectivity index (χ0) is 21.8. The second-order valence-electron chi connectivity index (χ2n) is 10.2. The van der Waals surface area contributed by atoms with Gasteiger partial charge in [-0.25, -0.2) is 0 Å². The number of nitrogens with zero attached hydrogens (tertiary/aromatic N) is 2. The molecule has 0 aliphatic heterocycles. The van der Waals surface area contributed by atoms with Crippen LogP contribution in [0.15, 0.2) is 24.3 Å². The van der Waals surface area contributed by atoms with Gasteiger partial charge < -0.3 is 15.0 Å². The highest BCUT2D eigenvalue weighted by molar-refractivity contribution is 5.97. The van der Waals surface area contributed by atoms with E-state index in [0.717, 1.165) is 53.7 Å². The molecule has 5 rings (SSSR count). The molecule has 2 heterocycles. The zero-order valence-corrected chi connectivity index (χ0v) is 18.7. The molecule has 3 N–H and O–H groups in total. The molecule has 0 bridgehead atoms. The van der Waals surface area contributed by atoms with Crippen molar-refractivity contribution < 1.29 is 9.90 Å². The number of hydrogen-bond donors (Lipinski definition) is 3. The summed E-state index contributed by atoms with van der Waals surface area (Å²) < 4.78 is 0. The minimum Gasteiger partial charge on any atom is -0.393 e.